The third-order valence-electron chi connectivity index (χ3n) is 8.66. The van der Waals surface area contributed by atoms with Gasteiger partial charge in [-0.15, -0.1) is 0 Å². The van der Waals surface area contributed by atoms with Gasteiger partial charge in [-0.1, -0.05) is 46.6 Å². The Bertz CT molecular complexity index is 1810. The predicted octanol–water partition coefficient (Wildman–Crippen LogP) is 10.6. The van der Waals surface area contributed by atoms with Crippen LogP contribution in [0.4, 0.5) is 0 Å². The van der Waals surface area contributed by atoms with E-state index >= 15 is 0 Å². The number of rotatable bonds is 15. The van der Waals surface area contributed by atoms with E-state index in [-0.39, 0.29) is 45.6 Å². The molecule has 0 aliphatic carbocycles. The zero-order chi connectivity index (χ0) is 35.7. The van der Waals surface area contributed by atoms with Crippen LogP contribution in [0.25, 0.3) is 11.3 Å². The monoisotopic (exact) mass is 666 g/mol. The first-order chi connectivity index (χ1) is 23.3. The lowest BCUT2D eigenvalue weighted by atomic mass is 9.86. The van der Waals surface area contributed by atoms with Crippen molar-refractivity contribution in [2.45, 2.75) is 98.5 Å². The van der Waals surface area contributed by atoms with Gasteiger partial charge < -0.3 is 29.6 Å². The molecule has 0 unspecified atom stereocenters. The first-order valence-corrected chi connectivity index (χ1v) is 17.0. The van der Waals surface area contributed by atoms with Crippen molar-refractivity contribution in [3.8, 4) is 34.3 Å². The van der Waals surface area contributed by atoms with Gasteiger partial charge >= 0.3 is 5.97 Å². The topological polar surface area (TPSA) is 120 Å². The highest BCUT2D eigenvalue weighted by atomic mass is 16.6. The van der Waals surface area contributed by atoms with Crippen LogP contribution in [0.3, 0.4) is 0 Å². The fourth-order valence-corrected chi connectivity index (χ4v) is 6.02. The first-order valence-electron chi connectivity index (χ1n) is 17.0. The van der Waals surface area contributed by atoms with Gasteiger partial charge in [0.2, 0.25) is 5.60 Å². The van der Waals surface area contributed by atoms with Crippen molar-refractivity contribution < 1.29 is 34.4 Å². The van der Waals surface area contributed by atoms with Gasteiger partial charge in [0.15, 0.2) is 5.76 Å². The second kappa shape index (κ2) is 16.5. The third-order valence-corrected chi connectivity index (χ3v) is 8.66. The Morgan fingerprint density at radius 1 is 0.694 bits per heavy atom. The molecule has 0 saturated carbocycles. The van der Waals surface area contributed by atoms with Gasteiger partial charge in [0.25, 0.3) is 0 Å². The van der Waals surface area contributed by atoms with E-state index in [1.165, 1.54) is 58.7 Å². The quantitative estimate of drug-likeness (QED) is 0.0723. The molecule has 1 aliphatic heterocycles. The fraction of sp³-hybridized carbons (Fsp3) is 0.357. The molecule has 3 aromatic rings. The molecular weight excluding hydrogens is 616 g/mol. The highest BCUT2D eigenvalue weighted by Gasteiger charge is 2.49. The summed E-state index contributed by atoms with van der Waals surface area (Å²) in [5.74, 6) is -0.488. The van der Waals surface area contributed by atoms with Crippen LogP contribution in [-0.4, -0.2) is 26.4 Å². The summed E-state index contributed by atoms with van der Waals surface area (Å²) in [6.45, 7) is 12.5. The van der Waals surface area contributed by atoms with Crippen LogP contribution in [0.1, 0.15) is 103 Å². The number of benzene rings is 2. The van der Waals surface area contributed by atoms with Gasteiger partial charge in [-0.2, -0.15) is 0 Å². The van der Waals surface area contributed by atoms with E-state index in [4.69, 9.17) is 9.15 Å². The molecule has 0 radical (unpaired) electrons. The molecular formula is C42H50O7. The number of furan rings is 1. The molecule has 4 N–H and O–H groups in total. The molecule has 260 valence electrons. The van der Waals surface area contributed by atoms with Crippen molar-refractivity contribution in [3.05, 3.63) is 118 Å². The summed E-state index contributed by atoms with van der Waals surface area (Å²) in [6.07, 6.45) is 16.4. The molecule has 1 aliphatic rings. The van der Waals surface area contributed by atoms with E-state index in [1.807, 2.05) is 0 Å². The minimum Gasteiger partial charge on any atom is -0.508 e. The second-order valence-corrected chi connectivity index (χ2v) is 13.5. The standard InChI is InChI=1S/C42H50O7/c1-27(2)11-7-13-29(5)15-9-17-31-23-39(35-24-33(43)19-21-37(35)45)48-40(31)42(36-25-34(44)20-22-38(36)46)26-32(41(47)49-42)18-10-16-30(6)14-8-12-28(3)4/h11-12,15-16,19-26,43-46H,7-10,13-14,17-18H2,1-6H3/b29-15+,30-16+/t42-/m0/s1. The average molecular weight is 667 g/mol. The van der Waals surface area contributed by atoms with Gasteiger partial charge in [0.1, 0.15) is 28.8 Å². The zero-order valence-corrected chi connectivity index (χ0v) is 29.6. The Hall–Kier alpha value is -4.91. The van der Waals surface area contributed by atoms with Gasteiger partial charge in [0, 0.05) is 5.57 Å². The van der Waals surface area contributed by atoms with Gasteiger partial charge in [-0.3, -0.25) is 0 Å². The van der Waals surface area contributed by atoms with E-state index < -0.39 is 11.6 Å². The first kappa shape index (κ1) is 36.9. The third kappa shape index (κ3) is 9.59. The normalized spacial score (nSPS) is 16.4. The molecule has 7 nitrogen and oxygen atoms in total. The fourth-order valence-electron chi connectivity index (χ4n) is 6.02. The summed E-state index contributed by atoms with van der Waals surface area (Å²) in [5.41, 5.74) is 4.87. The Morgan fingerprint density at radius 3 is 1.88 bits per heavy atom. The minimum absolute atomic E-state index is 0.0544. The molecule has 2 aromatic carbocycles. The van der Waals surface area contributed by atoms with Gasteiger partial charge in [0.05, 0.1) is 11.1 Å². The maximum absolute atomic E-state index is 13.6. The Kier molecular flexibility index (Phi) is 12.4. The van der Waals surface area contributed by atoms with Crippen LogP contribution in [0.2, 0.25) is 0 Å². The van der Waals surface area contributed by atoms with Crippen molar-refractivity contribution in [1.82, 2.24) is 0 Å². The number of carbonyl (C=O) groups excluding carboxylic acids is 1. The van der Waals surface area contributed by atoms with Crippen LogP contribution < -0.4 is 0 Å². The van der Waals surface area contributed by atoms with Gasteiger partial charge in [-0.05, 0) is 147 Å². The number of aryl methyl sites for hydroxylation is 1. The van der Waals surface area contributed by atoms with Crippen molar-refractivity contribution in [2.24, 2.45) is 0 Å². The molecule has 0 spiro atoms. The van der Waals surface area contributed by atoms with Crippen LogP contribution >= 0.6 is 0 Å². The molecule has 1 atom stereocenters. The molecule has 1 aromatic heterocycles. The number of aromatic hydroxyl groups is 4. The Morgan fingerprint density at radius 2 is 1.27 bits per heavy atom. The molecule has 2 heterocycles. The number of ether oxygens (including phenoxy) is 1. The number of cyclic esters (lactones) is 1. The molecule has 0 saturated heterocycles. The predicted molar refractivity (Wildman–Crippen MR) is 195 cm³/mol. The van der Waals surface area contributed by atoms with E-state index in [0.29, 0.717) is 36.8 Å². The number of hydrogen-bond acceptors (Lipinski definition) is 7. The van der Waals surface area contributed by atoms with E-state index in [9.17, 15) is 25.2 Å². The zero-order valence-electron chi connectivity index (χ0n) is 29.6. The van der Waals surface area contributed by atoms with Crippen LogP contribution in [0.15, 0.2) is 105 Å². The summed E-state index contributed by atoms with van der Waals surface area (Å²) in [5, 5.41) is 42.7. The Balaban J connectivity index is 1.79. The lowest BCUT2D eigenvalue weighted by Crippen LogP contribution is -2.28. The summed E-state index contributed by atoms with van der Waals surface area (Å²) in [6, 6.07) is 10.0. The van der Waals surface area contributed by atoms with E-state index in [2.05, 4.69) is 65.8 Å². The van der Waals surface area contributed by atoms with Crippen molar-refractivity contribution in [2.75, 3.05) is 0 Å². The molecule has 49 heavy (non-hydrogen) atoms. The maximum atomic E-state index is 13.6. The molecule has 0 fully saturated rings. The van der Waals surface area contributed by atoms with Crippen molar-refractivity contribution >= 4 is 5.97 Å². The highest BCUT2D eigenvalue weighted by molar-refractivity contribution is 5.92. The van der Waals surface area contributed by atoms with Crippen LogP contribution in [0.5, 0.6) is 23.0 Å². The van der Waals surface area contributed by atoms with Crippen LogP contribution in [-0.2, 0) is 21.6 Å². The summed E-state index contributed by atoms with van der Waals surface area (Å²) >= 11 is 0. The number of carbonyl (C=O) groups is 1. The SMILES string of the molecule is CC(C)=CCC/C(C)=C/CCC1=C[C@](c2cc(O)ccc2O)(c2oc(-c3cc(O)ccc3O)cc2CC/C=C(\C)CCC=C(C)C)OC1=O. The smallest absolute Gasteiger partial charge is 0.335 e. The number of phenolic OH excluding ortho intramolecular Hbond substituents is 4. The maximum Gasteiger partial charge on any atom is 0.335 e. The number of esters is 1. The summed E-state index contributed by atoms with van der Waals surface area (Å²) < 4.78 is 12.7. The number of hydrogen-bond donors (Lipinski definition) is 4. The Labute approximate surface area is 290 Å². The number of phenols is 4. The summed E-state index contributed by atoms with van der Waals surface area (Å²) in [7, 11) is 0. The molecule has 0 amide bonds. The lowest BCUT2D eigenvalue weighted by Gasteiger charge is -2.27. The van der Waals surface area contributed by atoms with Crippen LogP contribution in [0, 0.1) is 0 Å². The summed E-state index contributed by atoms with van der Waals surface area (Å²) in [4.78, 5) is 13.6. The van der Waals surface area contributed by atoms with E-state index in [0.717, 1.165) is 25.7 Å². The largest absolute Gasteiger partial charge is 0.508 e. The molecule has 0 bridgehead atoms. The molecule has 4 rings (SSSR count). The lowest BCUT2D eigenvalue weighted by molar-refractivity contribution is -0.145. The minimum atomic E-state index is -1.69. The van der Waals surface area contributed by atoms with E-state index in [1.54, 1.807) is 12.1 Å². The highest BCUT2D eigenvalue weighted by Crippen LogP contribution is 2.50. The van der Waals surface area contributed by atoms with Gasteiger partial charge in [-0.25, -0.2) is 4.79 Å². The second-order valence-electron chi connectivity index (χ2n) is 13.5. The molecule has 7 heteroatoms. The van der Waals surface area contributed by atoms with Crippen molar-refractivity contribution in [1.29, 1.82) is 0 Å². The average Bonchev–Trinajstić information content (AvgIpc) is 3.61. The number of allylic oxidation sites excluding steroid dienone is 8. The van der Waals surface area contributed by atoms with Crippen molar-refractivity contribution in [3.63, 3.8) is 0 Å².